The zero-order valence-corrected chi connectivity index (χ0v) is 10.6. The molecule has 5 atom stereocenters. The van der Waals surface area contributed by atoms with E-state index in [4.69, 9.17) is 0 Å². The molecule has 0 aliphatic heterocycles. The lowest BCUT2D eigenvalue weighted by Gasteiger charge is -2.26. The van der Waals surface area contributed by atoms with Crippen LogP contribution in [0.15, 0.2) is 12.2 Å². The SMILES string of the molecule is C=C(C)C1CCC(C)C2CCC(C)C2C1. The van der Waals surface area contributed by atoms with Gasteiger partial charge in [0.1, 0.15) is 0 Å². The molecule has 0 aromatic carbocycles. The summed E-state index contributed by atoms with van der Waals surface area (Å²) in [5, 5.41) is 0. The monoisotopic (exact) mass is 206 g/mol. The summed E-state index contributed by atoms with van der Waals surface area (Å²) in [4.78, 5) is 0. The first-order valence-electron chi connectivity index (χ1n) is 6.75. The molecule has 0 N–H and O–H groups in total. The van der Waals surface area contributed by atoms with Crippen molar-refractivity contribution in [3.63, 3.8) is 0 Å². The topological polar surface area (TPSA) is 0 Å². The Hall–Kier alpha value is -0.260. The molecule has 0 bridgehead atoms. The number of fused-ring (bicyclic) bond motifs is 1. The van der Waals surface area contributed by atoms with Crippen molar-refractivity contribution in [3.8, 4) is 0 Å². The molecule has 0 spiro atoms. The van der Waals surface area contributed by atoms with Crippen LogP contribution in [0.5, 0.6) is 0 Å². The van der Waals surface area contributed by atoms with Crippen LogP contribution in [0.1, 0.15) is 52.9 Å². The Labute approximate surface area is 95.1 Å². The van der Waals surface area contributed by atoms with E-state index in [1.54, 1.807) is 0 Å². The fraction of sp³-hybridized carbons (Fsp3) is 0.867. The molecule has 2 fully saturated rings. The van der Waals surface area contributed by atoms with Crippen molar-refractivity contribution >= 4 is 0 Å². The third kappa shape index (κ3) is 2.14. The number of hydrogen-bond acceptors (Lipinski definition) is 0. The van der Waals surface area contributed by atoms with Crippen LogP contribution < -0.4 is 0 Å². The highest BCUT2D eigenvalue weighted by Crippen LogP contribution is 2.49. The molecule has 5 unspecified atom stereocenters. The minimum atomic E-state index is 0.822. The zero-order chi connectivity index (χ0) is 11.0. The van der Waals surface area contributed by atoms with E-state index in [0.29, 0.717) is 0 Å². The van der Waals surface area contributed by atoms with Crippen LogP contribution in [0.25, 0.3) is 0 Å². The van der Waals surface area contributed by atoms with Gasteiger partial charge >= 0.3 is 0 Å². The standard InChI is InChI=1S/C15H26/c1-10(2)13-7-5-11(3)14-8-6-12(4)15(14)9-13/h11-15H,1,5-9H2,2-4H3. The highest BCUT2D eigenvalue weighted by atomic mass is 14.4. The average molecular weight is 206 g/mol. The first-order chi connectivity index (χ1) is 7.09. The fourth-order valence-corrected chi connectivity index (χ4v) is 3.99. The quantitative estimate of drug-likeness (QED) is 0.547. The molecule has 2 rings (SSSR count). The minimum Gasteiger partial charge on any atom is -0.0999 e. The van der Waals surface area contributed by atoms with Crippen LogP contribution in [0.3, 0.4) is 0 Å². The Kier molecular flexibility index (Phi) is 3.23. The largest absolute Gasteiger partial charge is 0.0999 e. The number of rotatable bonds is 1. The summed E-state index contributed by atoms with van der Waals surface area (Å²) in [7, 11) is 0. The molecule has 0 nitrogen and oxygen atoms in total. The van der Waals surface area contributed by atoms with Crippen molar-refractivity contribution in [3.05, 3.63) is 12.2 Å². The highest BCUT2D eigenvalue weighted by molar-refractivity contribution is 5.01. The molecular weight excluding hydrogens is 180 g/mol. The summed E-state index contributed by atoms with van der Waals surface area (Å²) in [6.45, 7) is 11.4. The second-order valence-electron chi connectivity index (χ2n) is 6.22. The van der Waals surface area contributed by atoms with Gasteiger partial charge in [0.25, 0.3) is 0 Å². The van der Waals surface area contributed by atoms with Crippen molar-refractivity contribution in [1.82, 2.24) is 0 Å². The van der Waals surface area contributed by atoms with Gasteiger partial charge in [-0.15, -0.1) is 0 Å². The van der Waals surface area contributed by atoms with Crippen LogP contribution in [-0.4, -0.2) is 0 Å². The molecule has 2 aliphatic carbocycles. The molecule has 0 aromatic rings. The smallest absolute Gasteiger partial charge is 0.0206 e. The van der Waals surface area contributed by atoms with Gasteiger partial charge in [0.2, 0.25) is 0 Å². The number of allylic oxidation sites excluding steroid dienone is 1. The Bertz CT molecular complexity index is 240. The third-order valence-electron chi connectivity index (χ3n) is 5.19. The summed E-state index contributed by atoms with van der Waals surface area (Å²) < 4.78 is 0. The Morgan fingerprint density at radius 3 is 2.20 bits per heavy atom. The lowest BCUT2D eigenvalue weighted by molar-refractivity contribution is 0.244. The van der Waals surface area contributed by atoms with E-state index in [1.807, 2.05) is 0 Å². The predicted octanol–water partition coefficient (Wildman–Crippen LogP) is 4.66. The fourth-order valence-electron chi connectivity index (χ4n) is 3.99. The molecule has 0 aromatic heterocycles. The molecule has 0 heteroatoms. The van der Waals surface area contributed by atoms with Crippen molar-refractivity contribution < 1.29 is 0 Å². The van der Waals surface area contributed by atoms with E-state index in [1.165, 1.54) is 37.7 Å². The zero-order valence-electron chi connectivity index (χ0n) is 10.6. The second kappa shape index (κ2) is 4.31. The summed E-state index contributed by atoms with van der Waals surface area (Å²) in [6, 6.07) is 0. The van der Waals surface area contributed by atoms with Crippen LogP contribution in [-0.2, 0) is 0 Å². The van der Waals surface area contributed by atoms with E-state index in [-0.39, 0.29) is 0 Å². The van der Waals surface area contributed by atoms with E-state index in [0.717, 1.165) is 29.6 Å². The molecular formula is C15H26. The van der Waals surface area contributed by atoms with Gasteiger partial charge in [0, 0.05) is 0 Å². The normalized spacial score (nSPS) is 45.9. The van der Waals surface area contributed by atoms with Gasteiger partial charge in [-0.2, -0.15) is 0 Å². The molecule has 0 heterocycles. The first kappa shape index (κ1) is 11.2. The van der Waals surface area contributed by atoms with Crippen LogP contribution in [0.4, 0.5) is 0 Å². The van der Waals surface area contributed by atoms with Crippen LogP contribution in [0, 0.1) is 29.6 Å². The van der Waals surface area contributed by atoms with Gasteiger partial charge in [0.15, 0.2) is 0 Å². The Morgan fingerprint density at radius 1 is 0.933 bits per heavy atom. The van der Waals surface area contributed by atoms with Crippen LogP contribution >= 0.6 is 0 Å². The van der Waals surface area contributed by atoms with Gasteiger partial charge in [-0.3, -0.25) is 0 Å². The highest BCUT2D eigenvalue weighted by Gasteiger charge is 2.39. The average Bonchev–Trinajstić information content (AvgIpc) is 2.43. The van der Waals surface area contributed by atoms with Gasteiger partial charge < -0.3 is 0 Å². The number of hydrogen-bond donors (Lipinski definition) is 0. The molecule has 86 valence electrons. The molecule has 2 saturated carbocycles. The lowest BCUT2D eigenvalue weighted by atomic mass is 9.79. The maximum absolute atomic E-state index is 4.18. The Morgan fingerprint density at radius 2 is 1.53 bits per heavy atom. The van der Waals surface area contributed by atoms with Crippen molar-refractivity contribution in [2.24, 2.45) is 29.6 Å². The van der Waals surface area contributed by atoms with E-state index >= 15 is 0 Å². The van der Waals surface area contributed by atoms with Gasteiger partial charge in [-0.05, 0) is 62.2 Å². The molecule has 0 amide bonds. The summed E-state index contributed by atoms with van der Waals surface area (Å²) in [6.07, 6.45) is 7.24. The van der Waals surface area contributed by atoms with Crippen LogP contribution in [0.2, 0.25) is 0 Å². The van der Waals surface area contributed by atoms with Crippen molar-refractivity contribution in [1.29, 1.82) is 0 Å². The molecule has 0 saturated heterocycles. The van der Waals surface area contributed by atoms with Gasteiger partial charge in [-0.25, -0.2) is 0 Å². The van der Waals surface area contributed by atoms with E-state index in [2.05, 4.69) is 27.4 Å². The van der Waals surface area contributed by atoms with Crippen molar-refractivity contribution in [2.45, 2.75) is 52.9 Å². The second-order valence-corrected chi connectivity index (χ2v) is 6.22. The maximum Gasteiger partial charge on any atom is -0.0206 e. The summed E-state index contributed by atoms with van der Waals surface area (Å²) >= 11 is 0. The van der Waals surface area contributed by atoms with Crippen molar-refractivity contribution in [2.75, 3.05) is 0 Å². The molecule has 15 heavy (non-hydrogen) atoms. The maximum atomic E-state index is 4.18. The third-order valence-corrected chi connectivity index (χ3v) is 5.19. The molecule has 0 radical (unpaired) electrons. The Balaban J connectivity index is 2.13. The van der Waals surface area contributed by atoms with Gasteiger partial charge in [-0.1, -0.05) is 32.4 Å². The van der Waals surface area contributed by atoms with E-state index in [9.17, 15) is 0 Å². The van der Waals surface area contributed by atoms with Gasteiger partial charge in [0.05, 0.1) is 0 Å². The predicted molar refractivity (Wildman–Crippen MR) is 66.7 cm³/mol. The minimum absolute atomic E-state index is 0.822. The summed E-state index contributed by atoms with van der Waals surface area (Å²) in [5.74, 6) is 4.79. The molecule has 2 aliphatic rings. The first-order valence-corrected chi connectivity index (χ1v) is 6.75. The lowest BCUT2D eigenvalue weighted by Crippen LogP contribution is -2.18. The summed E-state index contributed by atoms with van der Waals surface area (Å²) in [5.41, 5.74) is 1.43. The van der Waals surface area contributed by atoms with E-state index < -0.39 is 0 Å².